The number of hydrogen-bond donors (Lipinski definition) is 1. The van der Waals surface area contributed by atoms with Crippen molar-refractivity contribution in [3.05, 3.63) is 38.4 Å². The molecular formula is C11H15N3O6. The number of anilines is 1. The van der Waals surface area contributed by atoms with Crippen molar-refractivity contribution in [1.29, 1.82) is 0 Å². The van der Waals surface area contributed by atoms with Crippen LogP contribution in [0, 0.1) is 20.2 Å². The van der Waals surface area contributed by atoms with Crippen LogP contribution in [-0.4, -0.2) is 43.3 Å². The zero-order valence-electron chi connectivity index (χ0n) is 11.1. The van der Waals surface area contributed by atoms with Gasteiger partial charge in [0.05, 0.1) is 28.6 Å². The van der Waals surface area contributed by atoms with Crippen LogP contribution in [-0.2, 0) is 9.47 Å². The van der Waals surface area contributed by atoms with Crippen LogP contribution < -0.4 is 5.32 Å². The molecule has 9 nitrogen and oxygen atoms in total. The third-order valence-corrected chi connectivity index (χ3v) is 2.59. The molecule has 1 aromatic rings. The average Bonchev–Trinajstić information content (AvgIpc) is 2.42. The number of nitro benzene ring substituents is 2. The van der Waals surface area contributed by atoms with E-state index >= 15 is 0 Å². The number of benzene rings is 1. The Hall–Kier alpha value is -2.26. The van der Waals surface area contributed by atoms with E-state index in [2.05, 4.69) is 5.32 Å². The number of methoxy groups -OCH3 is 2. The minimum absolute atomic E-state index is 0.193. The van der Waals surface area contributed by atoms with E-state index in [0.29, 0.717) is 6.61 Å². The zero-order valence-corrected chi connectivity index (χ0v) is 11.1. The van der Waals surface area contributed by atoms with Gasteiger partial charge < -0.3 is 14.8 Å². The highest BCUT2D eigenvalue weighted by atomic mass is 16.6. The molecule has 1 N–H and O–H groups in total. The first-order valence-electron chi connectivity index (χ1n) is 5.68. The maximum absolute atomic E-state index is 10.9. The number of nitrogens with zero attached hydrogens (tertiary/aromatic N) is 2. The first kappa shape index (κ1) is 15.8. The van der Waals surface area contributed by atoms with Crippen molar-refractivity contribution in [2.45, 2.75) is 6.10 Å². The van der Waals surface area contributed by atoms with E-state index in [-0.39, 0.29) is 29.7 Å². The Balaban J connectivity index is 2.89. The molecule has 0 saturated heterocycles. The molecule has 0 aliphatic rings. The van der Waals surface area contributed by atoms with E-state index in [0.717, 1.165) is 6.07 Å². The monoisotopic (exact) mass is 285 g/mol. The summed E-state index contributed by atoms with van der Waals surface area (Å²) in [6.45, 7) is 0.604. The average molecular weight is 285 g/mol. The lowest BCUT2D eigenvalue weighted by atomic mass is 10.2. The van der Waals surface area contributed by atoms with Crippen molar-refractivity contribution in [2.24, 2.45) is 0 Å². The highest BCUT2D eigenvalue weighted by Crippen LogP contribution is 2.28. The molecule has 0 spiro atoms. The van der Waals surface area contributed by atoms with E-state index in [9.17, 15) is 20.2 Å². The molecular weight excluding hydrogens is 270 g/mol. The van der Waals surface area contributed by atoms with Gasteiger partial charge in [0.25, 0.3) is 11.4 Å². The topological polar surface area (TPSA) is 117 Å². The van der Waals surface area contributed by atoms with E-state index in [4.69, 9.17) is 9.47 Å². The van der Waals surface area contributed by atoms with Crippen LogP contribution in [0.1, 0.15) is 0 Å². The molecule has 110 valence electrons. The summed E-state index contributed by atoms with van der Waals surface area (Å²) in [5, 5.41) is 24.4. The van der Waals surface area contributed by atoms with Gasteiger partial charge in [0, 0.05) is 26.8 Å². The summed E-state index contributed by atoms with van der Waals surface area (Å²) in [5.41, 5.74) is -0.493. The van der Waals surface area contributed by atoms with Crippen molar-refractivity contribution in [1.82, 2.24) is 0 Å². The van der Waals surface area contributed by atoms with Crippen molar-refractivity contribution in [2.75, 3.05) is 32.7 Å². The Morgan fingerprint density at radius 3 is 2.45 bits per heavy atom. The van der Waals surface area contributed by atoms with E-state index in [1.807, 2.05) is 0 Å². The van der Waals surface area contributed by atoms with Crippen molar-refractivity contribution >= 4 is 17.1 Å². The van der Waals surface area contributed by atoms with Crippen molar-refractivity contribution < 1.29 is 19.3 Å². The molecule has 0 radical (unpaired) electrons. The van der Waals surface area contributed by atoms with Crippen LogP contribution in [0.2, 0.25) is 0 Å². The molecule has 1 rings (SSSR count). The van der Waals surface area contributed by atoms with Crippen LogP contribution in [0.15, 0.2) is 18.2 Å². The fourth-order valence-corrected chi connectivity index (χ4v) is 1.55. The van der Waals surface area contributed by atoms with Crippen molar-refractivity contribution in [3.8, 4) is 0 Å². The quantitative estimate of drug-likeness (QED) is 0.569. The van der Waals surface area contributed by atoms with Gasteiger partial charge in [-0.3, -0.25) is 20.2 Å². The number of hydrogen-bond acceptors (Lipinski definition) is 7. The van der Waals surface area contributed by atoms with Crippen LogP contribution >= 0.6 is 0 Å². The van der Waals surface area contributed by atoms with Gasteiger partial charge in [0.15, 0.2) is 0 Å². The fraction of sp³-hybridized carbons (Fsp3) is 0.455. The Morgan fingerprint density at radius 2 is 1.95 bits per heavy atom. The Morgan fingerprint density at radius 1 is 1.25 bits per heavy atom. The molecule has 0 amide bonds. The molecule has 1 atom stereocenters. The summed E-state index contributed by atoms with van der Waals surface area (Å²) in [6.07, 6.45) is -0.283. The molecule has 0 aromatic heterocycles. The normalized spacial score (nSPS) is 11.9. The summed E-state index contributed by atoms with van der Waals surface area (Å²) < 4.78 is 10.0. The summed E-state index contributed by atoms with van der Waals surface area (Å²) in [6, 6.07) is 3.42. The van der Waals surface area contributed by atoms with Crippen LogP contribution in [0.5, 0.6) is 0 Å². The molecule has 1 unspecified atom stereocenters. The molecule has 0 bridgehead atoms. The van der Waals surface area contributed by atoms with Gasteiger partial charge in [-0.1, -0.05) is 0 Å². The molecule has 20 heavy (non-hydrogen) atoms. The fourth-order valence-electron chi connectivity index (χ4n) is 1.55. The highest BCUT2D eigenvalue weighted by molar-refractivity contribution is 5.65. The Labute approximate surface area is 114 Å². The number of ether oxygens (including phenoxy) is 2. The summed E-state index contributed by atoms with van der Waals surface area (Å²) in [5.74, 6) is 0. The second-order valence-electron chi connectivity index (χ2n) is 3.91. The molecule has 0 heterocycles. The van der Waals surface area contributed by atoms with Gasteiger partial charge >= 0.3 is 0 Å². The SMILES string of the molecule is COCC(CNc1ccc([N+](=O)[O-])cc1[N+](=O)[O-])OC. The first-order valence-corrected chi connectivity index (χ1v) is 5.68. The van der Waals surface area contributed by atoms with Gasteiger partial charge in [-0.2, -0.15) is 0 Å². The molecule has 0 fully saturated rings. The van der Waals surface area contributed by atoms with Crippen LogP contribution in [0.25, 0.3) is 0 Å². The predicted octanol–water partition coefficient (Wildman–Crippen LogP) is 1.58. The Kier molecular flexibility index (Phi) is 5.81. The lowest BCUT2D eigenvalue weighted by Gasteiger charge is -2.15. The third kappa shape index (κ3) is 4.14. The molecule has 1 aromatic carbocycles. The molecule has 0 aliphatic carbocycles. The first-order chi connectivity index (χ1) is 9.49. The van der Waals surface area contributed by atoms with Gasteiger partial charge in [0.1, 0.15) is 5.69 Å². The van der Waals surface area contributed by atoms with Gasteiger partial charge in [-0.15, -0.1) is 0 Å². The van der Waals surface area contributed by atoms with Crippen LogP contribution in [0.4, 0.5) is 17.1 Å². The van der Waals surface area contributed by atoms with Gasteiger partial charge in [-0.05, 0) is 6.07 Å². The molecule has 0 saturated carbocycles. The molecule has 0 aliphatic heterocycles. The minimum atomic E-state index is -0.681. The van der Waals surface area contributed by atoms with Crippen LogP contribution in [0.3, 0.4) is 0 Å². The van der Waals surface area contributed by atoms with Gasteiger partial charge in [0.2, 0.25) is 0 Å². The summed E-state index contributed by atoms with van der Waals surface area (Å²) in [4.78, 5) is 20.2. The largest absolute Gasteiger partial charge is 0.382 e. The number of non-ortho nitro benzene ring substituents is 1. The predicted molar refractivity (Wildman–Crippen MR) is 70.9 cm³/mol. The highest BCUT2D eigenvalue weighted by Gasteiger charge is 2.20. The molecule has 9 heteroatoms. The number of nitro groups is 2. The summed E-state index contributed by atoms with van der Waals surface area (Å²) in [7, 11) is 3.01. The van der Waals surface area contributed by atoms with E-state index in [1.165, 1.54) is 26.4 Å². The van der Waals surface area contributed by atoms with E-state index in [1.54, 1.807) is 0 Å². The number of rotatable bonds is 8. The number of nitrogens with one attached hydrogen (secondary N) is 1. The summed E-state index contributed by atoms with van der Waals surface area (Å²) >= 11 is 0. The van der Waals surface area contributed by atoms with E-state index < -0.39 is 9.85 Å². The zero-order chi connectivity index (χ0) is 15.1. The lowest BCUT2D eigenvalue weighted by Crippen LogP contribution is -2.26. The maximum Gasteiger partial charge on any atom is 0.299 e. The maximum atomic E-state index is 10.9. The minimum Gasteiger partial charge on any atom is -0.382 e. The smallest absolute Gasteiger partial charge is 0.299 e. The second kappa shape index (κ2) is 7.36. The second-order valence-corrected chi connectivity index (χ2v) is 3.91. The lowest BCUT2D eigenvalue weighted by molar-refractivity contribution is -0.393. The Bertz CT molecular complexity index is 493. The third-order valence-electron chi connectivity index (χ3n) is 2.59. The standard InChI is InChI=1S/C11H15N3O6/c1-19-7-9(20-2)6-12-10-4-3-8(13(15)16)5-11(10)14(17)18/h3-5,9,12H,6-7H2,1-2H3. The van der Waals surface area contributed by atoms with Gasteiger partial charge in [-0.25, -0.2) is 0 Å². The van der Waals surface area contributed by atoms with Crippen molar-refractivity contribution in [3.63, 3.8) is 0 Å².